The zero-order valence-electron chi connectivity index (χ0n) is 15.3. The Kier molecular flexibility index (Phi) is 6.88. The van der Waals surface area contributed by atoms with E-state index in [2.05, 4.69) is 66.8 Å². The minimum absolute atomic E-state index is 0.333. The zero-order valence-corrected chi connectivity index (χ0v) is 15.3. The fourth-order valence-corrected chi connectivity index (χ4v) is 3.76. The Labute approximate surface area is 142 Å². The van der Waals surface area contributed by atoms with Gasteiger partial charge in [-0.3, -0.25) is 4.90 Å². The van der Waals surface area contributed by atoms with Crippen molar-refractivity contribution in [3.63, 3.8) is 0 Å². The molecule has 0 aliphatic carbocycles. The highest BCUT2D eigenvalue weighted by Crippen LogP contribution is 2.27. The standard InChI is InChI=1S/C19H34N4/c1-5-17-15-21(4)12-13-23(17)19(14-20)16-8-10-18(11-9-16)22(6-2)7-3/h8-11,17,19H,5-7,12-15,20H2,1-4H3. The monoisotopic (exact) mass is 318 g/mol. The molecule has 0 saturated carbocycles. The number of hydrogen-bond donors (Lipinski definition) is 1. The summed E-state index contributed by atoms with van der Waals surface area (Å²) >= 11 is 0. The van der Waals surface area contributed by atoms with Crippen LogP contribution in [0.5, 0.6) is 0 Å². The van der Waals surface area contributed by atoms with Gasteiger partial charge in [0.25, 0.3) is 0 Å². The van der Waals surface area contributed by atoms with Crippen molar-refractivity contribution in [3.05, 3.63) is 29.8 Å². The highest BCUT2D eigenvalue weighted by molar-refractivity contribution is 5.47. The number of nitrogens with two attached hydrogens (primary N) is 1. The molecule has 1 aliphatic rings. The minimum Gasteiger partial charge on any atom is -0.372 e. The highest BCUT2D eigenvalue weighted by atomic mass is 15.3. The molecule has 1 aromatic carbocycles. The van der Waals surface area contributed by atoms with Crippen LogP contribution in [0, 0.1) is 0 Å². The molecule has 1 saturated heterocycles. The third-order valence-electron chi connectivity index (χ3n) is 5.23. The highest BCUT2D eigenvalue weighted by Gasteiger charge is 2.29. The third-order valence-corrected chi connectivity index (χ3v) is 5.23. The van der Waals surface area contributed by atoms with Crippen molar-refractivity contribution >= 4 is 5.69 Å². The molecule has 4 nitrogen and oxygen atoms in total. The van der Waals surface area contributed by atoms with E-state index in [9.17, 15) is 0 Å². The summed E-state index contributed by atoms with van der Waals surface area (Å²) in [4.78, 5) is 7.43. The quantitative estimate of drug-likeness (QED) is 0.838. The van der Waals surface area contributed by atoms with Crippen molar-refractivity contribution in [2.24, 2.45) is 5.73 Å². The molecule has 0 spiro atoms. The molecule has 1 aliphatic heterocycles. The van der Waals surface area contributed by atoms with Crippen LogP contribution >= 0.6 is 0 Å². The largest absolute Gasteiger partial charge is 0.372 e. The lowest BCUT2D eigenvalue weighted by atomic mass is 9.99. The first-order chi connectivity index (χ1) is 11.1. The van der Waals surface area contributed by atoms with Crippen molar-refractivity contribution in [2.45, 2.75) is 39.3 Å². The molecule has 0 aromatic heterocycles. The van der Waals surface area contributed by atoms with Crippen LogP contribution in [0.4, 0.5) is 5.69 Å². The van der Waals surface area contributed by atoms with Crippen molar-refractivity contribution in [2.75, 3.05) is 51.2 Å². The van der Waals surface area contributed by atoms with E-state index >= 15 is 0 Å². The summed E-state index contributed by atoms with van der Waals surface area (Å²) in [5.41, 5.74) is 8.83. The summed E-state index contributed by atoms with van der Waals surface area (Å²) in [5.74, 6) is 0. The molecule has 2 rings (SSSR count). The summed E-state index contributed by atoms with van der Waals surface area (Å²) in [5, 5.41) is 0. The molecule has 0 bridgehead atoms. The average Bonchev–Trinajstić information content (AvgIpc) is 2.59. The van der Waals surface area contributed by atoms with Gasteiger partial charge in [-0.1, -0.05) is 19.1 Å². The van der Waals surface area contributed by atoms with E-state index in [0.717, 1.165) is 32.7 Å². The first-order valence-corrected chi connectivity index (χ1v) is 9.13. The Morgan fingerprint density at radius 3 is 2.30 bits per heavy atom. The number of anilines is 1. The van der Waals surface area contributed by atoms with Crippen LogP contribution in [0.25, 0.3) is 0 Å². The molecular weight excluding hydrogens is 284 g/mol. The number of nitrogens with zero attached hydrogens (tertiary/aromatic N) is 3. The molecule has 2 N–H and O–H groups in total. The molecule has 1 aromatic rings. The van der Waals surface area contributed by atoms with Crippen LogP contribution in [0.2, 0.25) is 0 Å². The Morgan fingerprint density at radius 2 is 1.78 bits per heavy atom. The van der Waals surface area contributed by atoms with Crippen LogP contribution in [0.15, 0.2) is 24.3 Å². The molecule has 2 unspecified atom stereocenters. The molecule has 130 valence electrons. The third kappa shape index (κ3) is 4.25. The summed E-state index contributed by atoms with van der Waals surface area (Å²) < 4.78 is 0. The van der Waals surface area contributed by atoms with Gasteiger partial charge < -0.3 is 15.5 Å². The van der Waals surface area contributed by atoms with Crippen LogP contribution in [-0.4, -0.2) is 62.2 Å². The number of piperazine rings is 1. The topological polar surface area (TPSA) is 35.7 Å². The molecular formula is C19H34N4. The summed E-state index contributed by atoms with van der Waals surface area (Å²) in [6.07, 6.45) is 1.18. The first-order valence-electron chi connectivity index (χ1n) is 9.13. The molecule has 1 fully saturated rings. The normalized spacial score (nSPS) is 21.3. The summed E-state index contributed by atoms with van der Waals surface area (Å²) in [7, 11) is 2.22. The predicted molar refractivity (Wildman–Crippen MR) is 100 cm³/mol. The average molecular weight is 319 g/mol. The van der Waals surface area contributed by atoms with Gasteiger partial charge in [-0.15, -0.1) is 0 Å². The van der Waals surface area contributed by atoms with Crippen molar-refractivity contribution in [3.8, 4) is 0 Å². The van der Waals surface area contributed by atoms with Crippen LogP contribution in [-0.2, 0) is 0 Å². The van der Waals surface area contributed by atoms with E-state index < -0.39 is 0 Å². The van der Waals surface area contributed by atoms with Gasteiger partial charge in [0.05, 0.1) is 0 Å². The van der Waals surface area contributed by atoms with Gasteiger partial charge in [-0.2, -0.15) is 0 Å². The van der Waals surface area contributed by atoms with Gasteiger partial charge in [0, 0.05) is 57.0 Å². The SMILES string of the molecule is CCC1CN(C)CCN1C(CN)c1ccc(N(CC)CC)cc1. The van der Waals surface area contributed by atoms with Crippen LogP contribution < -0.4 is 10.6 Å². The molecule has 0 amide bonds. The fourth-order valence-electron chi connectivity index (χ4n) is 3.76. The molecule has 4 heteroatoms. The van der Waals surface area contributed by atoms with E-state index in [4.69, 9.17) is 5.73 Å². The minimum atomic E-state index is 0.333. The van der Waals surface area contributed by atoms with E-state index in [1.807, 2.05) is 0 Å². The number of benzene rings is 1. The second kappa shape index (κ2) is 8.67. The summed E-state index contributed by atoms with van der Waals surface area (Å²) in [6.45, 7) is 12.9. The van der Waals surface area contributed by atoms with Gasteiger partial charge in [-0.05, 0) is 45.0 Å². The van der Waals surface area contributed by atoms with Crippen molar-refractivity contribution in [1.29, 1.82) is 0 Å². The number of rotatable bonds is 7. The van der Waals surface area contributed by atoms with Crippen LogP contribution in [0.3, 0.4) is 0 Å². The van der Waals surface area contributed by atoms with Gasteiger partial charge in [0.15, 0.2) is 0 Å². The predicted octanol–water partition coefficient (Wildman–Crippen LogP) is 2.56. The van der Waals surface area contributed by atoms with Crippen molar-refractivity contribution in [1.82, 2.24) is 9.80 Å². The second-order valence-corrected chi connectivity index (χ2v) is 6.58. The first kappa shape index (κ1) is 18.2. The lowest BCUT2D eigenvalue weighted by Gasteiger charge is -2.44. The van der Waals surface area contributed by atoms with E-state index in [0.29, 0.717) is 18.6 Å². The molecule has 0 radical (unpaired) electrons. The Hall–Kier alpha value is -1.10. The Bertz CT molecular complexity index is 455. The smallest absolute Gasteiger partial charge is 0.0474 e. The number of hydrogen-bond acceptors (Lipinski definition) is 4. The lowest BCUT2D eigenvalue weighted by molar-refractivity contribution is 0.0521. The maximum Gasteiger partial charge on any atom is 0.0474 e. The zero-order chi connectivity index (χ0) is 16.8. The van der Waals surface area contributed by atoms with Crippen molar-refractivity contribution < 1.29 is 0 Å². The van der Waals surface area contributed by atoms with E-state index in [-0.39, 0.29) is 0 Å². The maximum absolute atomic E-state index is 6.17. The Balaban J connectivity index is 2.16. The maximum atomic E-state index is 6.17. The van der Waals surface area contributed by atoms with E-state index in [1.165, 1.54) is 17.7 Å². The second-order valence-electron chi connectivity index (χ2n) is 6.58. The molecule has 2 atom stereocenters. The molecule has 1 heterocycles. The van der Waals surface area contributed by atoms with Gasteiger partial charge >= 0.3 is 0 Å². The van der Waals surface area contributed by atoms with Crippen LogP contribution in [0.1, 0.15) is 38.8 Å². The van der Waals surface area contributed by atoms with Gasteiger partial charge in [0.2, 0.25) is 0 Å². The number of likely N-dealkylation sites (N-methyl/N-ethyl adjacent to an activating group) is 1. The fraction of sp³-hybridized carbons (Fsp3) is 0.684. The lowest BCUT2D eigenvalue weighted by Crippen LogP contribution is -2.53. The van der Waals surface area contributed by atoms with E-state index in [1.54, 1.807) is 0 Å². The Morgan fingerprint density at radius 1 is 1.13 bits per heavy atom. The van der Waals surface area contributed by atoms with Gasteiger partial charge in [-0.25, -0.2) is 0 Å². The van der Waals surface area contributed by atoms with Gasteiger partial charge in [0.1, 0.15) is 0 Å². The molecule has 23 heavy (non-hydrogen) atoms. The summed E-state index contributed by atoms with van der Waals surface area (Å²) in [6, 6.07) is 9.99.